The number of alkyl halides is 3. The van der Waals surface area contributed by atoms with Crippen LogP contribution in [0.25, 0.3) is 0 Å². The van der Waals surface area contributed by atoms with Gasteiger partial charge in [0.25, 0.3) is 0 Å². The predicted molar refractivity (Wildman–Crippen MR) is 117 cm³/mol. The number of hydrogen-bond acceptors (Lipinski definition) is 5. The Morgan fingerprint density at radius 2 is 1.76 bits per heavy atom. The summed E-state index contributed by atoms with van der Waals surface area (Å²) in [5.74, 6) is -1.81. The van der Waals surface area contributed by atoms with E-state index >= 15 is 0 Å². The molecule has 34 heavy (non-hydrogen) atoms. The fourth-order valence-electron chi connectivity index (χ4n) is 2.71. The summed E-state index contributed by atoms with van der Waals surface area (Å²) in [5, 5.41) is 4.17. The Hall–Kier alpha value is -3.44. The highest BCUT2D eigenvalue weighted by molar-refractivity contribution is 7.87. The molecule has 0 radical (unpaired) electrons. The molecular weight excluding hydrogens is 500 g/mol. The molecule has 0 heterocycles. The van der Waals surface area contributed by atoms with Gasteiger partial charge in [-0.05, 0) is 54.1 Å². The van der Waals surface area contributed by atoms with Crippen LogP contribution < -0.4 is 9.61 Å². The molecule has 6 nitrogen and oxygen atoms in total. The fraction of sp³-hybridized carbons (Fsp3) is 0.0909. The van der Waals surface area contributed by atoms with Crippen LogP contribution in [-0.2, 0) is 27.5 Å². The Labute approximate surface area is 196 Å². The lowest BCUT2D eigenvalue weighted by molar-refractivity contribution is -0.137. The first-order valence-corrected chi connectivity index (χ1v) is 11.2. The van der Waals surface area contributed by atoms with Crippen LogP contribution in [0.1, 0.15) is 16.7 Å². The quantitative estimate of drug-likeness (QED) is 0.209. The van der Waals surface area contributed by atoms with Crippen molar-refractivity contribution in [2.24, 2.45) is 5.10 Å². The van der Waals surface area contributed by atoms with E-state index in [1.54, 1.807) is 24.3 Å². The van der Waals surface area contributed by atoms with Crippen molar-refractivity contribution in [3.05, 3.63) is 94.3 Å². The summed E-state index contributed by atoms with van der Waals surface area (Å²) in [7, 11) is -4.60. The van der Waals surface area contributed by atoms with Gasteiger partial charge in [-0.25, -0.2) is 9.82 Å². The highest BCUT2D eigenvalue weighted by Crippen LogP contribution is 2.30. The number of rotatable bonds is 7. The van der Waals surface area contributed by atoms with E-state index in [1.807, 2.05) is 0 Å². The molecule has 3 rings (SSSR count). The van der Waals surface area contributed by atoms with E-state index in [9.17, 15) is 30.8 Å². The molecular formula is C22H15ClF4N2O4S. The molecule has 0 bridgehead atoms. The van der Waals surface area contributed by atoms with Gasteiger partial charge in [-0.3, -0.25) is 4.79 Å². The van der Waals surface area contributed by atoms with Gasteiger partial charge in [-0.15, -0.1) is 0 Å². The maximum Gasteiger partial charge on any atom is 0.416 e. The fourth-order valence-corrected chi connectivity index (χ4v) is 3.87. The molecule has 0 atom stereocenters. The standard InChI is InChI=1S/C22H15ClF4N2O4S/c23-17-3-1-2-14(10-17)11-21(30)29-28-13-15-4-7-18(24)12-20(15)33-34(31,32)19-8-5-16(6-9-19)22(25,26)27/h1-10,12-13H,11H2,(H,29,30)/b28-13+. The van der Waals surface area contributed by atoms with E-state index < -0.39 is 44.2 Å². The van der Waals surface area contributed by atoms with Crippen LogP contribution >= 0.6 is 11.6 Å². The summed E-state index contributed by atoms with van der Waals surface area (Å²) in [6.45, 7) is 0. The molecule has 0 aromatic heterocycles. The summed E-state index contributed by atoms with van der Waals surface area (Å²) in [6, 6.07) is 12.1. The SMILES string of the molecule is O=C(Cc1cccc(Cl)c1)N/N=C/c1ccc(F)cc1OS(=O)(=O)c1ccc(C(F)(F)F)cc1. The highest BCUT2D eigenvalue weighted by atomic mass is 35.5. The van der Waals surface area contributed by atoms with Crippen molar-refractivity contribution in [2.75, 3.05) is 0 Å². The molecule has 0 aliphatic carbocycles. The van der Waals surface area contributed by atoms with Crippen LogP contribution in [0.3, 0.4) is 0 Å². The van der Waals surface area contributed by atoms with Gasteiger partial charge in [0.1, 0.15) is 10.7 Å². The molecule has 0 aliphatic rings. The summed E-state index contributed by atoms with van der Waals surface area (Å²) in [6.07, 6.45) is -3.65. The van der Waals surface area contributed by atoms with Gasteiger partial charge in [0.2, 0.25) is 5.91 Å². The van der Waals surface area contributed by atoms with Gasteiger partial charge in [-0.2, -0.15) is 26.7 Å². The lowest BCUT2D eigenvalue weighted by Gasteiger charge is -2.11. The van der Waals surface area contributed by atoms with E-state index in [0.29, 0.717) is 22.7 Å². The Morgan fingerprint density at radius 1 is 1.06 bits per heavy atom. The third-order valence-corrected chi connectivity index (χ3v) is 5.78. The van der Waals surface area contributed by atoms with Crippen LogP contribution in [0.4, 0.5) is 17.6 Å². The van der Waals surface area contributed by atoms with Gasteiger partial charge in [0, 0.05) is 16.7 Å². The van der Waals surface area contributed by atoms with Crippen LogP contribution in [0.5, 0.6) is 5.75 Å². The Morgan fingerprint density at radius 3 is 2.41 bits per heavy atom. The van der Waals surface area contributed by atoms with Gasteiger partial charge in [0.05, 0.1) is 18.2 Å². The monoisotopic (exact) mass is 514 g/mol. The molecule has 0 fully saturated rings. The van der Waals surface area contributed by atoms with Crippen molar-refractivity contribution >= 4 is 33.8 Å². The zero-order valence-electron chi connectivity index (χ0n) is 17.0. The molecule has 0 aliphatic heterocycles. The molecule has 178 valence electrons. The second kappa shape index (κ2) is 10.2. The highest BCUT2D eigenvalue weighted by Gasteiger charge is 2.31. The van der Waals surface area contributed by atoms with Crippen LogP contribution in [0.15, 0.2) is 76.7 Å². The number of carbonyl (C=O) groups excluding carboxylic acids is 1. The van der Waals surface area contributed by atoms with Gasteiger partial charge in [-0.1, -0.05) is 23.7 Å². The summed E-state index contributed by atoms with van der Waals surface area (Å²) < 4.78 is 81.7. The van der Waals surface area contributed by atoms with E-state index in [-0.39, 0.29) is 12.0 Å². The number of hydrogen-bond donors (Lipinski definition) is 1. The predicted octanol–water partition coefficient (Wildman–Crippen LogP) is 4.96. The summed E-state index contributed by atoms with van der Waals surface area (Å²) >= 11 is 5.86. The molecule has 1 N–H and O–H groups in total. The largest absolute Gasteiger partial charge is 0.416 e. The average molecular weight is 515 g/mol. The van der Waals surface area contributed by atoms with Crippen molar-refractivity contribution in [2.45, 2.75) is 17.5 Å². The lowest BCUT2D eigenvalue weighted by atomic mass is 10.1. The normalized spacial score (nSPS) is 12.0. The maximum absolute atomic E-state index is 13.7. The minimum absolute atomic E-state index is 0.0139. The molecule has 0 spiro atoms. The number of benzene rings is 3. The van der Waals surface area contributed by atoms with Gasteiger partial charge < -0.3 is 4.18 Å². The number of halogens is 5. The van der Waals surface area contributed by atoms with Crippen molar-refractivity contribution in [1.82, 2.24) is 5.43 Å². The van der Waals surface area contributed by atoms with E-state index in [1.165, 1.54) is 0 Å². The third-order valence-electron chi connectivity index (χ3n) is 4.29. The average Bonchev–Trinajstić information content (AvgIpc) is 2.74. The van der Waals surface area contributed by atoms with Crippen LogP contribution in [0.2, 0.25) is 5.02 Å². The van der Waals surface area contributed by atoms with Crippen LogP contribution in [0, 0.1) is 5.82 Å². The van der Waals surface area contributed by atoms with Gasteiger partial charge in [0.15, 0.2) is 5.75 Å². The number of hydrazone groups is 1. The first-order chi connectivity index (χ1) is 15.9. The molecule has 3 aromatic carbocycles. The van der Waals surface area contributed by atoms with Crippen molar-refractivity contribution in [1.29, 1.82) is 0 Å². The Balaban J connectivity index is 1.74. The smallest absolute Gasteiger partial charge is 0.378 e. The molecule has 0 saturated heterocycles. The summed E-state index contributed by atoms with van der Waals surface area (Å²) in [5.41, 5.74) is 1.81. The zero-order chi connectivity index (χ0) is 24.9. The minimum Gasteiger partial charge on any atom is -0.378 e. The van der Waals surface area contributed by atoms with Crippen molar-refractivity contribution < 1.29 is 35.0 Å². The second-order valence-electron chi connectivity index (χ2n) is 6.84. The van der Waals surface area contributed by atoms with Crippen molar-refractivity contribution in [3.63, 3.8) is 0 Å². The Bertz CT molecular complexity index is 1330. The molecule has 3 aromatic rings. The Kier molecular flexibility index (Phi) is 7.57. The zero-order valence-corrected chi connectivity index (χ0v) is 18.6. The molecule has 0 unspecified atom stereocenters. The maximum atomic E-state index is 13.7. The van der Waals surface area contributed by atoms with Crippen molar-refractivity contribution in [3.8, 4) is 5.75 Å². The molecule has 1 amide bonds. The number of carbonyl (C=O) groups is 1. The first kappa shape index (κ1) is 25.2. The van der Waals surface area contributed by atoms with E-state index in [4.69, 9.17) is 15.8 Å². The third kappa shape index (κ3) is 6.78. The van der Waals surface area contributed by atoms with Gasteiger partial charge >= 0.3 is 16.3 Å². The lowest BCUT2D eigenvalue weighted by Crippen LogP contribution is -2.20. The van der Waals surface area contributed by atoms with E-state index in [2.05, 4.69) is 10.5 Å². The summed E-state index contributed by atoms with van der Waals surface area (Å²) in [4.78, 5) is 11.5. The number of nitrogens with zero attached hydrogens (tertiary/aromatic N) is 1. The number of amides is 1. The molecule has 0 saturated carbocycles. The minimum atomic E-state index is -4.65. The van der Waals surface area contributed by atoms with Crippen LogP contribution in [-0.4, -0.2) is 20.5 Å². The second-order valence-corrected chi connectivity index (χ2v) is 8.82. The topological polar surface area (TPSA) is 84.8 Å². The first-order valence-electron chi connectivity index (χ1n) is 9.42. The van der Waals surface area contributed by atoms with E-state index in [0.717, 1.165) is 36.5 Å². The molecule has 12 heteroatoms. The number of nitrogens with one attached hydrogen (secondary N) is 1.